The molecule has 2 aromatic heterocycles. The van der Waals surface area contributed by atoms with Crippen LogP contribution in [-0.2, 0) is 13.2 Å². The fraction of sp³-hybridized carbons (Fsp3) is 0.182. The van der Waals surface area contributed by atoms with E-state index in [1.807, 2.05) is 48.7 Å². The highest BCUT2D eigenvalue weighted by atomic mass is 35.5. The minimum Gasteiger partial charge on any atom is -0.497 e. The van der Waals surface area contributed by atoms with Crippen LogP contribution < -0.4 is 4.74 Å². The van der Waals surface area contributed by atoms with Crippen molar-refractivity contribution in [3.8, 4) is 16.9 Å². The summed E-state index contributed by atoms with van der Waals surface area (Å²) in [6.45, 7) is 0.420. The molecule has 0 radical (unpaired) electrons. The second-order valence-corrected chi connectivity index (χ2v) is 7.68. The van der Waals surface area contributed by atoms with Gasteiger partial charge in [0.25, 0.3) is 0 Å². The van der Waals surface area contributed by atoms with E-state index in [2.05, 4.69) is 14.5 Å². The van der Waals surface area contributed by atoms with Gasteiger partial charge in [-0.05, 0) is 36.1 Å². The van der Waals surface area contributed by atoms with Gasteiger partial charge in [0.05, 0.1) is 19.4 Å². The largest absolute Gasteiger partial charge is 0.497 e. The number of rotatable bonds is 6. The molecule has 0 bridgehead atoms. The lowest BCUT2D eigenvalue weighted by Gasteiger charge is -2.12. The van der Waals surface area contributed by atoms with E-state index < -0.39 is 0 Å². The van der Waals surface area contributed by atoms with Crippen molar-refractivity contribution in [3.05, 3.63) is 71.1 Å². The van der Waals surface area contributed by atoms with Crippen molar-refractivity contribution < 1.29 is 9.84 Å². The summed E-state index contributed by atoms with van der Waals surface area (Å²) in [7, 11) is 1.64. The van der Waals surface area contributed by atoms with Crippen LogP contribution >= 0.6 is 23.4 Å². The molecule has 0 aliphatic rings. The molecule has 0 unspecified atom stereocenters. The third kappa shape index (κ3) is 3.71. The Kier molecular flexibility index (Phi) is 5.76. The molecule has 4 aromatic rings. The topological polar surface area (TPSA) is 60.2 Å². The molecule has 4 rings (SSSR count). The van der Waals surface area contributed by atoms with Gasteiger partial charge in [0.1, 0.15) is 5.75 Å². The van der Waals surface area contributed by atoms with Gasteiger partial charge in [0, 0.05) is 46.0 Å². The minimum absolute atomic E-state index is 0.124. The maximum absolute atomic E-state index is 10.3. The maximum Gasteiger partial charge on any atom is 0.187 e. The molecule has 29 heavy (non-hydrogen) atoms. The van der Waals surface area contributed by atoms with Gasteiger partial charge in [-0.2, -0.15) is 0 Å². The Morgan fingerprint density at radius 2 is 1.90 bits per heavy atom. The Bertz CT molecular complexity index is 1160. The third-order valence-corrected chi connectivity index (χ3v) is 5.86. The van der Waals surface area contributed by atoms with Crippen LogP contribution in [0.4, 0.5) is 0 Å². The van der Waals surface area contributed by atoms with Gasteiger partial charge >= 0.3 is 0 Å². The van der Waals surface area contributed by atoms with Crippen molar-refractivity contribution in [1.29, 1.82) is 0 Å². The van der Waals surface area contributed by atoms with Gasteiger partial charge in [0.15, 0.2) is 5.16 Å². The van der Waals surface area contributed by atoms with E-state index >= 15 is 0 Å². The van der Waals surface area contributed by atoms with Crippen LogP contribution in [0.5, 0.6) is 5.75 Å². The summed E-state index contributed by atoms with van der Waals surface area (Å²) in [6.07, 6.45) is 5.53. The molecule has 0 amide bonds. The van der Waals surface area contributed by atoms with Crippen LogP contribution in [0.15, 0.2) is 60.0 Å². The Hall–Kier alpha value is -2.54. The zero-order valence-electron chi connectivity index (χ0n) is 16.1. The number of halogens is 1. The lowest BCUT2D eigenvalue weighted by Crippen LogP contribution is -2.05. The predicted molar refractivity (Wildman–Crippen MR) is 118 cm³/mol. The van der Waals surface area contributed by atoms with Crippen LogP contribution in [0.1, 0.15) is 11.3 Å². The first kappa shape index (κ1) is 19.8. The average Bonchev–Trinajstić information content (AvgIpc) is 3.07. The molecule has 0 saturated carbocycles. The van der Waals surface area contributed by atoms with Gasteiger partial charge in [-0.1, -0.05) is 41.6 Å². The number of methoxy groups -OCH3 is 1. The molecule has 148 valence electrons. The van der Waals surface area contributed by atoms with E-state index in [9.17, 15) is 5.11 Å². The number of aliphatic hydroxyl groups excluding tert-OH is 1. The molecule has 0 aliphatic carbocycles. The first-order valence-electron chi connectivity index (χ1n) is 9.06. The average molecular weight is 426 g/mol. The number of fused-ring (bicyclic) bond motifs is 1. The highest BCUT2D eigenvalue weighted by molar-refractivity contribution is 7.98. The summed E-state index contributed by atoms with van der Waals surface area (Å²) >= 11 is 7.90. The number of aromatic nitrogens is 3. The summed E-state index contributed by atoms with van der Waals surface area (Å²) in [5, 5.41) is 12.7. The molecule has 0 aliphatic heterocycles. The molecule has 0 atom stereocenters. The van der Waals surface area contributed by atoms with E-state index in [1.54, 1.807) is 19.5 Å². The normalized spacial score (nSPS) is 11.2. The summed E-state index contributed by atoms with van der Waals surface area (Å²) in [6, 6.07) is 13.6. The second kappa shape index (κ2) is 8.45. The fourth-order valence-electron chi connectivity index (χ4n) is 3.53. The molecule has 1 N–H and O–H groups in total. The molecular weight excluding hydrogens is 406 g/mol. The molecule has 0 saturated heterocycles. The van der Waals surface area contributed by atoms with Crippen LogP contribution in [0.25, 0.3) is 22.0 Å². The molecule has 7 heteroatoms. The van der Waals surface area contributed by atoms with Gasteiger partial charge in [-0.15, -0.1) is 0 Å². The Morgan fingerprint density at radius 3 is 2.55 bits per heavy atom. The van der Waals surface area contributed by atoms with Gasteiger partial charge in [0.2, 0.25) is 0 Å². The fourth-order valence-corrected chi connectivity index (χ4v) is 4.04. The molecule has 2 aromatic carbocycles. The summed E-state index contributed by atoms with van der Waals surface area (Å²) in [4.78, 5) is 8.83. The van der Waals surface area contributed by atoms with Crippen LogP contribution in [0.3, 0.4) is 0 Å². The summed E-state index contributed by atoms with van der Waals surface area (Å²) < 4.78 is 7.53. The summed E-state index contributed by atoms with van der Waals surface area (Å²) in [5.41, 5.74) is 4.51. The number of benzene rings is 2. The van der Waals surface area contributed by atoms with Gasteiger partial charge in [-0.25, -0.2) is 9.97 Å². The van der Waals surface area contributed by atoms with Crippen molar-refractivity contribution in [2.24, 2.45) is 0 Å². The van der Waals surface area contributed by atoms with E-state index in [1.165, 1.54) is 11.8 Å². The molecule has 2 heterocycles. The predicted octanol–water partition coefficient (Wildman–Crippen LogP) is 5.02. The second-order valence-electron chi connectivity index (χ2n) is 6.50. The quantitative estimate of drug-likeness (QED) is 0.347. The Labute approximate surface area is 178 Å². The zero-order chi connectivity index (χ0) is 20.4. The van der Waals surface area contributed by atoms with Crippen LogP contribution in [-0.4, -0.2) is 33.0 Å². The number of hydrogen-bond donors (Lipinski definition) is 1. The van der Waals surface area contributed by atoms with Crippen molar-refractivity contribution in [3.63, 3.8) is 0 Å². The van der Waals surface area contributed by atoms with Gasteiger partial charge in [-0.3, -0.25) is 0 Å². The van der Waals surface area contributed by atoms with Crippen molar-refractivity contribution in [2.75, 3.05) is 13.4 Å². The van der Waals surface area contributed by atoms with Crippen LogP contribution in [0, 0.1) is 0 Å². The first-order valence-corrected chi connectivity index (χ1v) is 10.7. The lowest BCUT2D eigenvalue weighted by molar-refractivity contribution is 0.273. The van der Waals surface area contributed by atoms with E-state index in [4.69, 9.17) is 16.3 Å². The number of aliphatic hydroxyl groups is 1. The SMILES string of the molecule is COc1ccc2c(c1)c(-c1cnc(SC)nc1)c(CO)n2Cc1ccccc1Cl. The standard InChI is InChI=1S/C22H20ClN3O2S/c1-28-16-7-8-19-17(9-16)21(15-10-24-22(29-2)25-11-15)20(13-27)26(19)12-14-5-3-4-6-18(14)23/h3-11,27H,12-13H2,1-2H3. The molecule has 5 nitrogen and oxygen atoms in total. The third-order valence-electron chi connectivity index (χ3n) is 4.91. The Balaban J connectivity index is 1.96. The molecule has 0 spiro atoms. The van der Waals surface area contributed by atoms with Crippen molar-refractivity contribution >= 4 is 34.3 Å². The lowest BCUT2D eigenvalue weighted by atomic mass is 10.0. The molecular formula is C22H20ClN3O2S. The highest BCUT2D eigenvalue weighted by Gasteiger charge is 2.20. The smallest absolute Gasteiger partial charge is 0.187 e. The van der Waals surface area contributed by atoms with E-state index in [0.717, 1.165) is 39.0 Å². The monoisotopic (exact) mass is 425 g/mol. The van der Waals surface area contributed by atoms with Crippen molar-refractivity contribution in [1.82, 2.24) is 14.5 Å². The first-order chi connectivity index (χ1) is 14.2. The maximum atomic E-state index is 10.3. The Morgan fingerprint density at radius 1 is 1.14 bits per heavy atom. The number of hydrogen-bond acceptors (Lipinski definition) is 5. The van der Waals surface area contributed by atoms with Gasteiger partial charge < -0.3 is 14.4 Å². The van der Waals surface area contributed by atoms with Crippen LogP contribution in [0.2, 0.25) is 5.02 Å². The number of ether oxygens (including phenoxy) is 1. The number of nitrogens with zero attached hydrogens (tertiary/aromatic N) is 3. The summed E-state index contributed by atoms with van der Waals surface area (Å²) in [5.74, 6) is 0.750. The van der Waals surface area contributed by atoms with Crippen molar-refractivity contribution in [2.45, 2.75) is 18.3 Å². The number of thioether (sulfide) groups is 1. The highest BCUT2D eigenvalue weighted by Crippen LogP contribution is 2.37. The minimum atomic E-state index is -0.124. The molecule has 0 fully saturated rings. The zero-order valence-corrected chi connectivity index (χ0v) is 17.7. The van der Waals surface area contributed by atoms with E-state index in [-0.39, 0.29) is 6.61 Å². The van der Waals surface area contributed by atoms with E-state index in [0.29, 0.717) is 16.7 Å².